The van der Waals surface area contributed by atoms with Crippen LogP contribution in [0.1, 0.15) is 58.3 Å². The molecule has 0 radical (unpaired) electrons. The minimum absolute atomic E-state index is 0.117. The Morgan fingerprint density at radius 3 is 2.61 bits per heavy atom. The standard InChI is InChI=1S/C18H31N3O2/c1-2-3-4-5-6-7-8-9-10-11-17-20-13-15-21(17,14-12-19)16-18(22)23/h10-11,13,15H,2-9,12,14,16,19H2,1H3/b11-10+. The zero-order valence-corrected chi connectivity index (χ0v) is 14.4. The van der Waals surface area contributed by atoms with Crippen molar-refractivity contribution in [2.24, 2.45) is 10.7 Å². The fraction of sp³-hybridized carbons (Fsp3) is 0.667. The molecule has 1 rings (SSSR count). The van der Waals surface area contributed by atoms with Gasteiger partial charge in [-0.05, 0) is 12.8 Å². The number of allylic oxidation sites excluding steroid dienone is 1. The Morgan fingerprint density at radius 1 is 1.26 bits per heavy atom. The normalized spacial score (nSPS) is 20.3. The van der Waals surface area contributed by atoms with Crippen LogP contribution < -0.4 is 10.8 Å². The number of aliphatic carboxylic acids is 1. The molecule has 0 spiro atoms. The molecular formula is C18H31N3O2. The summed E-state index contributed by atoms with van der Waals surface area (Å²) in [4.78, 5) is 15.3. The number of hydrogen-bond acceptors (Lipinski definition) is 4. The Kier molecular flexibility index (Phi) is 9.48. The summed E-state index contributed by atoms with van der Waals surface area (Å²) in [5, 5.41) is 11.0. The number of nitrogens with zero attached hydrogens (tertiary/aromatic N) is 2. The van der Waals surface area contributed by atoms with Crippen molar-refractivity contribution in [1.29, 1.82) is 0 Å². The number of hydrogen-bond donors (Lipinski definition) is 1. The lowest BCUT2D eigenvalue weighted by molar-refractivity contribution is -0.778. The summed E-state index contributed by atoms with van der Waals surface area (Å²) in [5.41, 5.74) is 5.63. The van der Waals surface area contributed by atoms with E-state index in [1.165, 1.54) is 44.9 Å². The predicted molar refractivity (Wildman–Crippen MR) is 92.4 cm³/mol. The van der Waals surface area contributed by atoms with Gasteiger partial charge in [0.15, 0.2) is 0 Å². The molecule has 1 aliphatic heterocycles. The SMILES string of the molecule is CCCCCCCCC/C=C/C1=NC=C[N+]1(CCN)CC(=O)[O-]. The molecule has 5 heteroatoms. The van der Waals surface area contributed by atoms with E-state index in [1.807, 2.05) is 6.08 Å². The van der Waals surface area contributed by atoms with Gasteiger partial charge in [-0.1, -0.05) is 51.5 Å². The van der Waals surface area contributed by atoms with E-state index in [2.05, 4.69) is 18.0 Å². The molecule has 5 nitrogen and oxygen atoms in total. The van der Waals surface area contributed by atoms with Crippen molar-refractivity contribution in [1.82, 2.24) is 0 Å². The third-order valence-electron chi connectivity index (χ3n) is 4.20. The number of carboxylic acids is 1. The highest BCUT2D eigenvalue weighted by Crippen LogP contribution is 2.17. The summed E-state index contributed by atoms with van der Waals surface area (Å²) >= 11 is 0. The second-order valence-corrected chi connectivity index (χ2v) is 6.17. The van der Waals surface area contributed by atoms with Crippen molar-refractivity contribution in [2.75, 3.05) is 19.6 Å². The second kappa shape index (κ2) is 11.1. The van der Waals surface area contributed by atoms with Gasteiger partial charge in [0.1, 0.15) is 19.3 Å². The number of aliphatic imine (C=N–C) groups is 1. The molecule has 1 atom stereocenters. The van der Waals surface area contributed by atoms with Crippen molar-refractivity contribution in [3.05, 3.63) is 24.6 Å². The van der Waals surface area contributed by atoms with Gasteiger partial charge in [-0.2, -0.15) is 4.99 Å². The zero-order valence-electron chi connectivity index (χ0n) is 14.4. The van der Waals surface area contributed by atoms with Gasteiger partial charge < -0.3 is 15.6 Å². The molecule has 1 aliphatic rings. The molecule has 2 N–H and O–H groups in total. The van der Waals surface area contributed by atoms with Gasteiger partial charge in [0.05, 0.1) is 12.2 Å². The molecule has 0 aromatic rings. The van der Waals surface area contributed by atoms with Crippen molar-refractivity contribution in [3.63, 3.8) is 0 Å². The zero-order chi connectivity index (χ0) is 17.0. The van der Waals surface area contributed by atoms with Crippen LogP contribution in [-0.4, -0.2) is 35.9 Å². The number of rotatable bonds is 13. The number of nitrogens with two attached hydrogens (primary N) is 1. The van der Waals surface area contributed by atoms with Gasteiger partial charge in [-0.15, -0.1) is 0 Å². The summed E-state index contributed by atoms with van der Waals surface area (Å²) in [6, 6.07) is 0. The van der Waals surface area contributed by atoms with Crippen LogP contribution in [0.4, 0.5) is 0 Å². The highest BCUT2D eigenvalue weighted by atomic mass is 16.4. The smallest absolute Gasteiger partial charge is 0.232 e. The third kappa shape index (κ3) is 7.10. The fourth-order valence-electron chi connectivity index (χ4n) is 2.89. The number of amidine groups is 1. The molecule has 130 valence electrons. The van der Waals surface area contributed by atoms with E-state index in [0.29, 0.717) is 13.1 Å². The molecule has 1 unspecified atom stereocenters. The van der Waals surface area contributed by atoms with Crippen LogP contribution in [0.3, 0.4) is 0 Å². The Bertz CT molecular complexity index is 444. The van der Waals surface area contributed by atoms with Crippen LogP contribution in [0.2, 0.25) is 0 Å². The minimum Gasteiger partial charge on any atom is -0.544 e. The third-order valence-corrected chi connectivity index (χ3v) is 4.20. The van der Waals surface area contributed by atoms with E-state index < -0.39 is 5.97 Å². The summed E-state index contributed by atoms with van der Waals surface area (Å²) < 4.78 is 0.159. The maximum absolute atomic E-state index is 11.0. The first-order valence-corrected chi connectivity index (χ1v) is 8.84. The molecule has 23 heavy (non-hydrogen) atoms. The lowest BCUT2D eigenvalue weighted by Gasteiger charge is -2.31. The Hall–Kier alpha value is -1.46. The highest BCUT2D eigenvalue weighted by molar-refractivity contribution is 5.90. The average molecular weight is 321 g/mol. The van der Waals surface area contributed by atoms with Crippen molar-refractivity contribution in [3.8, 4) is 0 Å². The van der Waals surface area contributed by atoms with Crippen molar-refractivity contribution < 1.29 is 14.4 Å². The summed E-state index contributed by atoms with van der Waals surface area (Å²) in [6.45, 7) is 3.04. The van der Waals surface area contributed by atoms with E-state index in [4.69, 9.17) is 5.73 Å². The van der Waals surface area contributed by atoms with Crippen molar-refractivity contribution in [2.45, 2.75) is 58.3 Å². The predicted octanol–water partition coefficient (Wildman–Crippen LogP) is 2.09. The molecule has 0 aromatic carbocycles. The van der Waals surface area contributed by atoms with Crippen LogP contribution in [-0.2, 0) is 4.79 Å². The molecule has 0 aliphatic carbocycles. The van der Waals surface area contributed by atoms with E-state index in [9.17, 15) is 9.90 Å². The quantitative estimate of drug-likeness (QED) is 0.417. The number of unbranched alkanes of at least 4 members (excludes halogenated alkanes) is 7. The molecule has 0 bridgehead atoms. The number of carbonyl (C=O) groups is 1. The van der Waals surface area contributed by atoms with Gasteiger partial charge in [0.25, 0.3) is 0 Å². The van der Waals surface area contributed by atoms with Crippen LogP contribution in [0.15, 0.2) is 29.5 Å². The van der Waals surface area contributed by atoms with E-state index in [-0.39, 0.29) is 11.0 Å². The average Bonchev–Trinajstić information content (AvgIpc) is 2.87. The number of carbonyl (C=O) groups excluding carboxylic acids is 1. The first kappa shape index (κ1) is 19.6. The van der Waals surface area contributed by atoms with Gasteiger partial charge >= 0.3 is 0 Å². The van der Waals surface area contributed by atoms with Gasteiger partial charge in [-0.3, -0.25) is 0 Å². The largest absolute Gasteiger partial charge is 0.544 e. The first-order chi connectivity index (χ1) is 11.1. The van der Waals surface area contributed by atoms with Crippen LogP contribution >= 0.6 is 0 Å². The highest BCUT2D eigenvalue weighted by Gasteiger charge is 2.33. The maximum atomic E-state index is 11.0. The van der Waals surface area contributed by atoms with Gasteiger partial charge in [-0.25, -0.2) is 4.48 Å². The minimum atomic E-state index is -1.09. The summed E-state index contributed by atoms with van der Waals surface area (Å²) in [7, 11) is 0. The van der Waals surface area contributed by atoms with Gasteiger partial charge in [0.2, 0.25) is 5.84 Å². The van der Waals surface area contributed by atoms with Gasteiger partial charge in [0, 0.05) is 12.6 Å². The molecule has 1 heterocycles. The van der Waals surface area contributed by atoms with E-state index >= 15 is 0 Å². The Labute approximate surface area is 140 Å². The molecule has 0 fully saturated rings. The van der Waals surface area contributed by atoms with Crippen LogP contribution in [0.25, 0.3) is 0 Å². The lowest BCUT2D eigenvalue weighted by atomic mass is 10.1. The fourth-order valence-corrected chi connectivity index (χ4v) is 2.89. The maximum Gasteiger partial charge on any atom is 0.232 e. The molecule has 0 amide bonds. The summed E-state index contributed by atoms with van der Waals surface area (Å²) in [6.07, 6.45) is 17.5. The second-order valence-electron chi connectivity index (χ2n) is 6.17. The van der Waals surface area contributed by atoms with E-state index in [1.54, 1.807) is 12.4 Å². The van der Waals surface area contributed by atoms with Crippen LogP contribution in [0, 0.1) is 0 Å². The topological polar surface area (TPSA) is 78.5 Å². The Balaban J connectivity index is 2.35. The number of carboxylic acid groups (broad SMARTS) is 1. The van der Waals surface area contributed by atoms with Crippen LogP contribution in [0.5, 0.6) is 0 Å². The van der Waals surface area contributed by atoms with E-state index in [0.717, 1.165) is 12.3 Å². The molecule has 0 saturated heterocycles. The lowest BCUT2D eigenvalue weighted by Crippen LogP contribution is -2.54. The monoisotopic (exact) mass is 321 g/mol. The molecule has 0 saturated carbocycles. The first-order valence-electron chi connectivity index (χ1n) is 8.84. The summed E-state index contributed by atoms with van der Waals surface area (Å²) in [5.74, 6) is -0.347. The number of quaternary nitrogens is 1. The Morgan fingerprint density at radius 2 is 1.96 bits per heavy atom. The molecule has 0 aromatic heterocycles. The molecular weight excluding hydrogens is 290 g/mol. The van der Waals surface area contributed by atoms with Crippen molar-refractivity contribution >= 4 is 11.8 Å².